The lowest BCUT2D eigenvalue weighted by Crippen LogP contribution is -2.18. The third-order valence-corrected chi connectivity index (χ3v) is 5.64. The summed E-state index contributed by atoms with van der Waals surface area (Å²) in [5.74, 6) is -0.468. The molecule has 1 unspecified atom stereocenters. The molecule has 0 aliphatic rings. The SMILES string of the molecule is CCOc1cc(OC(C)C)c(F)c(C(Nc2ccc(C(=N)N)cc2)c2nc3cc(Cl)c(F)cc3[nH]2)c1. The topological polar surface area (TPSA) is 109 Å². The van der Waals surface area contributed by atoms with E-state index in [-0.39, 0.29) is 28.3 Å². The van der Waals surface area contributed by atoms with E-state index in [4.69, 9.17) is 32.2 Å². The van der Waals surface area contributed by atoms with Crippen LogP contribution in [0.15, 0.2) is 48.5 Å². The monoisotopic (exact) mass is 513 g/mol. The Kier molecular flexibility index (Phi) is 7.30. The number of rotatable bonds is 9. The predicted molar refractivity (Wildman–Crippen MR) is 137 cm³/mol. The zero-order valence-electron chi connectivity index (χ0n) is 20.0. The van der Waals surface area contributed by atoms with Gasteiger partial charge in [-0.25, -0.2) is 13.8 Å². The minimum absolute atomic E-state index is 0.0369. The molecule has 1 aromatic heterocycles. The number of nitrogens with one attached hydrogen (secondary N) is 3. The molecule has 0 saturated heterocycles. The van der Waals surface area contributed by atoms with Crippen LogP contribution < -0.4 is 20.5 Å². The lowest BCUT2D eigenvalue weighted by molar-refractivity contribution is 0.228. The highest BCUT2D eigenvalue weighted by Crippen LogP contribution is 2.36. The van der Waals surface area contributed by atoms with E-state index in [1.165, 1.54) is 18.2 Å². The van der Waals surface area contributed by atoms with Gasteiger partial charge in [0.05, 0.1) is 28.8 Å². The summed E-state index contributed by atoms with van der Waals surface area (Å²) in [5, 5.41) is 10.8. The van der Waals surface area contributed by atoms with Crippen molar-refractivity contribution < 1.29 is 18.3 Å². The molecule has 188 valence electrons. The second kappa shape index (κ2) is 10.4. The first kappa shape index (κ1) is 25.2. The number of halogens is 3. The summed E-state index contributed by atoms with van der Waals surface area (Å²) in [4.78, 5) is 7.65. The molecule has 0 saturated carbocycles. The molecule has 0 fully saturated rings. The molecule has 36 heavy (non-hydrogen) atoms. The summed E-state index contributed by atoms with van der Waals surface area (Å²) in [6.45, 7) is 5.81. The lowest BCUT2D eigenvalue weighted by atomic mass is 10.0. The number of amidine groups is 1. The van der Waals surface area contributed by atoms with Gasteiger partial charge in [-0.3, -0.25) is 5.41 Å². The summed E-state index contributed by atoms with van der Waals surface area (Å²) in [7, 11) is 0. The Morgan fingerprint density at radius 1 is 1.17 bits per heavy atom. The van der Waals surface area contributed by atoms with Gasteiger partial charge < -0.3 is 25.5 Å². The standard InChI is InChI=1S/C26H26ClF2N5O2/c1-4-35-16-9-17(23(29)22(10-16)36-13(2)3)24(32-15-7-5-14(6-8-15)25(30)31)26-33-20-11-18(27)19(28)12-21(20)34-26/h5-13,24,32H,4H2,1-3H3,(H3,30,31)(H,33,34). The molecule has 10 heteroatoms. The van der Waals surface area contributed by atoms with E-state index in [1.807, 2.05) is 6.92 Å². The fraction of sp³-hybridized carbons (Fsp3) is 0.231. The van der Waals surface area contributed by atoms with Crippen molar-refractivity contribution in [2.75, 3.05) is 11.9 Å². The molecule has 1 atom stereocenters. The smallest absolute Gasteiger partial charge is 0.171 e. The van der Waals surface area contributed by atoms with Crippen LogP contribution in [0.25, 0.3) is 11.0 Å². The number of anilines is 1. The van der Waals surface area contributed by atoms with Crippen LogP contribution in [0.4, 0.5) is 14.5 Å². The Morgan fingerprint density at radius 2 is 1.89 bits per heavy atom. The molecule has 0 amide bonds. The van der Waals surface area contributed by atoms with Crippen molar-refractivity contribution in [3.05, 3.63) is 82.1 Å². The first-order chi connectivity index (χ1) is 17.2. The number of fused-ring (bicyclic) bond motifs is 1. The van der Waals surface area contributed by atoms with E-state index in [0.29, 0.717) is 40.5 Å². The van der Waals surface area contributed by atoms with Crippen LogP contribution in [-0.2, 0) is 0 Å². The molecule has 0 radical (unpaired) electrons. The van der Waals surface area contributed by atoms with Gasteiger partial charge in [0.25, 0.3) is 0 Å². The van der Waals surface area contributed by atoms with E-state index >= 15 is 4.39 Å². The van der Waals surface area contributed by atoms with Crippen molar-refractivity contribution in [3.8, 4) is 11.5 Å². The minimum atomic E-state index is -0.850. The molecule has 1 heterocycles. The molecule has 4 aromatic rings. The second-order valence-electron chi connectivity index (χ2n) is 8.40. The molecule has 0 bridgehead atoms. The number of hydrogen-bond donors (Lipinski definition) is 4. The zero-order valence-corrected chi connectivity index (χ0v) is 20.7. The summed E-state index contributed by atoms with van der Waals surface area (Å²) in [5.41, 5.74) is 7.76. The van der Waals surface area contributed by atoms with E-state index < -0.39 is 17.7 Å². The van der Waals surface area contributed by atoms with Crippen LogP contribution in [0, 0.1) is 17.0 Å². The second-order valence-corrected chi connectivity index (χ2v) is 8.81. The Bertz CT molecular complexity index is 1370. The third kappa shape index (κ3) is 5.36. The molecule has 0 aliphatic carbocycles. The van der Waals surface area contributed by atoms with Crippen molar-refractivity contribution in [3.63, 3.8) is 0 Å². The van der Waals surface area contributed by atoms with Crippen molar-refractivity contribution in [2.24, 2.45) is 5.73 Å². The highest BCUT2D eigenvalue weighted by Gasteiger charge is 2.26. The van der Waals surface area contributed by atoms with Crippen LogP contribution >= 0.6 is 11.6 Å². The molecule has 0 aliphatic heterocycles. The number of nitrogens with two attached hydrogens (primary N) is 1. The van der Waals surface area contributed by atoms with Crippen LogP contribution in [0.1, 0.15) is 43.8 Å². The van der Waals surface area contributed by atoms with Gasteiger partial charge in [-0.1, -0.05) is 11.6 Å². The maximum Gasteiger partial charge on any atom is 0.171 e. The summed E-state index contributed by atoms with van der Waals surface area (Å²) >= 11 is 5.95. The van der Waals surface area contributed by atoms with Crippen molar-refractivity contribution in [1.29, 1.82) is 5.41 Å². The van der Waals surface area contributed by atoms with Gasteiger partial charge in [0.1, 0.15) is 29.3 Å². The highest BCUT2D eigenvalue weighted by atomic mass is 35.5. The van der Waals surface area contributed by atoms with Gasteiger partial charge in [-0.05, 0) is 57.2 Å². The average Bonchev–Trinajstić information content (AvgIpc) is 3.22. The minimum Gasteiger partial charge on any atom is -0.494 e. The Labute approximate surface area is 212 Å². The number of imidazole rings is 1. The molecule has 0 spiro atoms. The van der Waals surface area contributed by atoms with Gasteiger partial charge in [0, 0.05) is 28.9 Å². The number of aromatic amines is 1. The average molecular weight is 514 g/mol. The van der Waals surface area contributed by atoms with Gasteiger partial charge in [0.2, 0.25) is 0 Å². The maximum atomic E-state index is 15.9. The highest BCUT2D eigenvalue weighted by molar-refractivity contribution is 6.31. The van der Waals surface area contributed by atoms with E-state index in [0.717, 1.165) is 0 Å². The quantitative estimate of drug-likeness (QED) is 0.158. The fourth-order valence-corrected chi connectivity index (χ4v) is 3.92. The zero-order chi connectivity index (χ0) is 26.0. The van der Waals surface area contributed by atoms with Crippen molar-refractivity contribution in [1.82, 2.24) is 9.97 Å². The number of aromatic nitrogens is 2. The summed E-state index contributed by atoms with van der Waals surface area (Å²) in [6, 6.07) is 11.7. The largest absolute Gasteiger partial charge is 0.494 e. The maximum absolute atomic E-state index is 15.9. The van der Waals surface area contributed by atoms with E-state index in [1.54, 1.807) is 44.2 Å². The number of nitrogen functional groups attached to an aromatic ring is 1. The summed E-state index contributed by atoms with van der Waals surface area (Å²) < 4.78 is 41.4. The van der Waals surface area contributed by atoms with Crippen LogP contribution in [0.5, 0.6) is 11.5 Å². The Balaban J connectivity index is 1.87. The number of hydrogen-bond acceptors (Lipinski definition) is 5. The van der Waals surface area contributed by atoms with Gasteiger partial charge in [-0.15, -0.1) is 0 Å². The van der Waals surface area contributed by atoms with Crippen LogP contribution in [0.2, 0.25) is 5.02 Å². The van der Waals surface area contributed by atoms with Crippen LogP contribution in [0.3, 0.4) is 0 Å². The number of nitrogens with zero attached hydrogens (tertiary/aromatic N) is 1. The molecule has 7 nitrogen and oxygen atoms in total. The Hall–Kier alpha value is -3.85. The van der Waals surface area contributed by atoms with Crippen molar-refractivity contribution in [2.45, 2.75) is 32.9 Å². The van der Waals surface area contributed by atoms with Crippen LogP contribution in [-0.4, -0.2) is 28.5 Å². The first-order valence-electron chi connectivity index (χ1n) is 11.3. The number of H-pyrrole nitrogens is 1. The molecular weight excluding hydrogens is 488 g/mol. The van der Waals surface area contributed by atoms with E-state index in [9.17, 15) is 4.39 Å². The number of benzene rings is 3. The predicted octanol–water partition coefficient (Wildman–Crippen LogP) is 6.17. The molecule has 5 N–H and O–H groups in total. The normalized spacial score (nSPS) is 12.1. The van der Waals surface area contributed by atoms with Crippen molar-refractivity contribution >= 4 is 34.2 Å². The fourth-order valence-electron chi connectivity index (χ4n) is 3.76. The first-order valence-corrected chi connectivity index (χ1v) is 11.7. The van der Waals surface area contributed by atoms with Gasteiger partial charge in [0.15, 0.2) is 11.6 Å². The molecule has 3 aromatic carbocycles. The third-order valence-electron chi connectivity index (χ3n) is 5.35. The van der Waals surface area contributed by atoms with Gasteiger partial charge in [-0.2, -0.15) is 0 Å². The van der Waals surface area contributed by atoms with E-state index in [2.05, 4.69) is 15.3 Å². The molecule has 4 rings (SSSR count). The molecular formula is C26H26ClF2N5O2. The Morgan fingerprint density at radius 3 is 2.53 bits per heavy atom. The summed E-state index contributed by atoms with van der Waals surface area (Å²) in [6.07, 6.45) is -0.272. The lowest BCUT2D eigenvalue weighted by Gasteiger charge is -2.22. The van der Waals surface area contributed by atoms with Gasteiger partial charge >= 0.3 is 0 Å². The number of ether oxygens (including phenoxy) is 2.